The number of benzene rings is 1. The molecule has 0 aliphatic heterocycles. The van der Waals surface area contributed by atoms with Crippen LogP contribution in [0.1, 0.15) is 22.3 Å². The first-order valence-corrected chi connectivity index (χ1v) is 10.2. The fraction of sp³-hybridized carbons (Fsp3) is 0.286. The van der Waals surface area contributed by atoms with E-state index in [4.69, 9.17) is 9.47 Å². The number of thioether (sulfide) groups is 1. The standard InChI is InChI=1S/C21H24N2O4S/c1-4-6-15-8-9-18(19(13-15)26-2)27-21(25)17(10-12-28-3)23-20(24)16-7-5-11-22-14-16/h4-5,7-9,11,13-14,17H,1,6,10,12H2,2-3H3,(H,23,24). The number of methoxy groups -OCH3 is 1. The van der Waals surface area contributed by atoms with E-state index in [1.54, 1.807) is 48.3 Å². The van der Waals surface area contributed by atoms with Gasteiger partial charge in [-0.3, -0.25) is 9.78 Å². The minimum atomic E-state index is -0.780. The smallest absolute Gasteiger partial charge is 0.334 e. The Labute approximate surface area is 169 Å². The predicted octanol–water partition coefficient (Wildman–Crippen LogP) is 3.28. The second-order valence-electron chi connectivity index (χ2n) is 5.95. The maximum Gasteiger partial charge on any atom is 0.334 e. The highest BCUT2D eigenvalue weighted by Crippen LogP contribution is 2.29. The van der Waals surface area contributed by atoms with E-state index in [-0.39, 0.29) is 5.91 Å². The molecule has 1 atom stereocenters. The van der Waals surface area contributed by atoms with E-state index in [1.807, 2.05) is 12.3 Å². The van der Waals surface area contributed by atoms with Gasteiger partial charge in [0.1, 0.15) is 6.04 Å². The van der Waals surface area contributed by atoms with Crippen LogP contribution in [0.2, 0.25) is 0 Å². The lowest BCUT2D eigenvalue weighted by molar-refractivity contribution is -0.136. The molecule has 0 fully saturated rings. The van der Waals surface area contributed by atoms with Crippen LogP contribution in [0.3, 0.4) is 0 Å². The maximum absolute atomic E-state index is 12.7. The number of hydrogen-bond donors (Lipinski definition) is 1. The van der Waals surface area contributed by atoms with E-state index in [9.17, 15) is 9.59 Å². The monoisotopic (exact) mass is 400 g/mol. The summed E-state index contributed by atoms with van der Waals surface area (Å²) in [6, 6.07) is 7.86. The van der Waals surface area contributed by atoms with Crippen LogP contribution in [0.4, 0.5) is 0 Å². The summed E-state index contributed by atoms with van der Waals surface area (Å²) in [5.41, 5.74) is 1.38. The molecule has 0 bridgehead atoms. The van der Waals surface area contributed by atoms with Gasteiger partial charge in [0.05, 0.1) is 12.7 Å². The molecular formula is C21H24N2O4S. The number of rotatable bonds is 10. The van der Waals surface area contributed by atoms with Gasteiger partial charge >= 0.3 is 5.97 Å². The lowest BCUT2D eigenvalue weighted by atomic mass is 10.1. The number of allylic oxidation sites excluding steroid dienone is 1. The summed E-state index contributed by atoms with van der Waals surface area (Å²) in [7, 11) is 1.51. The van der Waals surface area contributed by atoms with Crippen molar-refractivity contribution < 1.29 is 19.1 Å². The van der Waals surface area contributed by atoms with E-state index < -0.39 is 12.0 Å². The summed E-state index contributed by atoms with van der Waals surface area (Å²) in [5.74, 6) is 0.549. The normalized spacial score (nSPS) is 11.4. The maximum atomic E-state index is 12.7. The van der Waals surface area contributed by atoms with Gasteiger partial charge < -0.3 is 14.8 Å². The molecule has 1 unspecified atom stereocenters. The van der Waals surface area contributed by atoms with E-state index >= 15 is 0 Å². The van der Waals surface area contributed by atoms with Crippen LogP contribution < -0.4 is 14.8 Å². The molecule has 1 amide bonds. The van der Waals surface area contributed by atoms with E-state index in [0.29, 0.717) is 35.7 Å². The summed E-state index contributed by atoms with van der Waals surface area (Å²) in [6.45, 7) is 3.71. The fourth-order valence-corrected chi connectivity index (χ4v) is 2.96. The third-order valence-corrected chi connectivity index (χ3v) is 4.59. The molecule has 1 aromatic carbocycles. The zero-order chi connectivity index (χ0) is 20.4. The van der Waals surface area contributed by atoms with Crippen LogP contribution >= 0.6 is 11.8 Å². The molecule has 0 radical (unpaired) electrons. The molecule has 0 aliphatic rings. The molecule has 0 saturated carbocycles. The van der Waals surface area contributed by atoms with Gasteiger partial charge in [0.2, 0.25) is 0 Å². The summed E-state index contributed by atoms with van der Waals surface area (Å²) in [6.07, 6.45) is 7.89. The van der Waals surface area contributed by atoms with Gasteiger partial charge in [0, 0.05) is 12.4 Å². The molecule has 0 aliphatic carbocycles. The SMILES string of the molecule is C=CCc1ccc(OC(=O)C(CCSC)NC(=O)c2cccnc2)c(OC)c1. The van der Waals surface area contributed by atoms with Crippen molar-refractivity contribution in [1.82, 2.24) is 10.3 Å². The molecular weight excluding hydrogens is 376 g/mol. The van der Waals surface area contributed by atoms with Crippen LogP contribution in [-0.2, 0) is 11.2 Å². The van der Waals surface area contributed by atoms with Gasteiger partial charge in [-0.15, -0.1) is 6.58 Å². The Balaban J connectivity index is 2.14. The molecule has 2 rings (SSSR count). The summed E-state index contributed by atoms with van der Waals surface area (Å²) in [5, 5.41) is 2.74. The Bertz CT molecular complexity index is 811. The fourth-order valence-electron chi connectivity index (χ4n) is 2.49. The third-order valence-electron chi connectivity index (χ3n) is 3.94. The number of hydrogen-bond acceptors (Lipinski definition) is 6. The number of carbonyl (C=O) groups is 2. The molecule has 1 heterocycles. The van der Waals surface area contributed by atoms with Crippen molar-refractivity contribution in [2.45, 2.75) is 18.9 Å². The van der Waals surface area contributed by atoms with Crippen molar-refractivity contribution in [2.75, 3.05) is 19.1 Å². The van der Waals surface area contributed by atoms with Gasteiger partial charge in [-0.25, -0.2) is 4.79 Å². The number of carbonyl (C=O) groups excluding carboxylic acids is 2. The molecule has 0 saturated heterocycles. The highest BCUT2D eigenvalue weighted by atomic mass is 32.2. The van der Waals surface area contributed by atoms with Crippen molar-refractivity contribution >= 4 is 23.6 Å². The second kappa shape index (κ2) is 11.1. The summed E-state index contributed by atoms with van der Waals surface area (Å²) >= 11 is 1.59. The number of pyridine rings is 1. The quantitative estimate of drug-likeness (QED) is 0.375. The number of ether oxygens (including phenoxy) is 2. The van der Waals surface area contributed by atoms with Gasteiger partial charge in [0.15, 0.2) is 11.5 Å². The van der Waals surface area contributed by atoms with E-state index in [1.165, 1.54) is 13.3 Å². The van der Waals surface area contributed by atoms with Crippen LogP contribution in [0.15, 0.2) is 55.4 Å². The van der Waals surface area contributed by atoms with Crippen molar-refractivity contribution in [3.8, 4) is 11.5 Å². The lowest BCUT2D eigenvalue weighted by Crippen LogP contribution is -2.43. The zero-order valence-corrected chi connectivity index (χ0v) is 16.8. The lowest BCUT2D eigenvalue weighted by Gasteiger charge is -2.18. The molecule has 148 valence electrons. The summed E-state index contributed by atoms with van der Waals surface area (Å²) in [4.78, 5) is 29.1. The second-order valence-corrected chi connectivity index (χ2v) is 6.93. The Morgan fingerprint density at radius 1 is 1.32 bits per heavy atom. The van der Waals surface area contributed by atoms with Gasteiger partial charge in [-0.1, -0.05) is 12.1 Å². The third kappa shape index (κ3) is 6.13. The molecule has 1 aromatic heterocycles. The zero-order valence-electron chi connectivity index (χ0n) is 16.0. The molecule has 1 N–H and O–H groups in total. The number of nitrogens with zero attached hydrogens (tertiary/aromatic N) is 1. The predicted molar refractivity (Wildman–Crippen MR) is 111 cm³/mol. The van der Waals surface area contributed by atoms with Crippen molar-refractivity contribution in [1.29, 1.82) is 0 Å². The minimum absolute atomic E-state index is 0.310. The molecule has 28 heavy (non-hydrogen) atoms. The van der Waals surface area contributed by atoms with Crippen molar-refractivity contribution in [3.63, 3.8) is 0 Å². The Morgan fingerprint density at radius 3 is 2.79 bits per heavy atom. The average Bonchev–Trinajstić information content (AvgIpc) is 2.72. The number of nitrogens with one attached hydrogen (secondary N) is 1. The number of amides is 1. The first-order valence-electron chi connectivity index (χ1n) is 8.78. The van der Waals surface area contributed by atoms with Gasteiger partial charge in [-0.05, 0) is 54.7 Å². The van der Waals surface area contributed by atoms with E-state index in [0.717, 1.165) is 5.56 Å². The van der Waals surface area contributed by atoms with Crippen molar-refractivity contribution in [2.24, 2.45) is 0 Å². The molecule has 0 spiro atoms. The number of esters is 1. The minimum Gasteiger partial charge on any atom is -0.493 e. The molecule has 6 nitrogen and oxygen atoms in total. The highest BCUT2D eigenvalue weighted by Gasteiger charge is 2.24. The largest absolute Gasteiger partial charge is 0.493 e. The molecule has 2 aromatic rings. The van der Waals surface area contributed by atoms with Gasteiger partial charge in [-0.2, -0.15) is 11.8 Å². The first kappa shape index (κ1) is 21.5. The van der Waals surface area contributed by atoms with Crippen LogP contribution in [0.25, 0.3) is 0 Å². The van der Waals surface area contributed by atoms with Crippen LogP contribution in [0.5, 0.6) is 11.5 Å². The highest BCUT2D eigenvalue weighted by molar-refractivity contribution is 7.98. The van der Waals surface area contributed by atoms with Gasteiger partial charge in [0.25, 0.3) is 5.91 Å². The molecule has 7 heteroatoms. The Kier molecular flexibility index (Phi) is 8.55. The Morgan fingerprint density at radius 2 is 2.14 bits per heavy atom. The Hall–Kier alpha value is -2.80. The van der Waals surface area contributed by atoms with Crippen LogP contribution in [0, 0.1) is 0 Å². The van der Waals surface area contributed by atoms with E-state index in [2.05, 4.69) is 16.9 Å². The van der Waals surface area contributed by atoms with Crippen LogP contribution in [-0.4, -0.2) is 42.0 Å². The van der Waals surface area contributed by atoms with Crippen molar-refractivity contribution in [3.05, 3.63) is 66.5 Å². The first-order chi connectivity index (χ1) is 13.6. The topological polar surface area (TPSA) is 77.5 Å². The number of aromatic nitrogens is 1. The average molecular weight is 401 g/mol. The summed E-state index contributed by atoms with van der Waals surface area (Å²) < 4.78 is 10.9.